The highest BCUT2D eigenvalue weighted by Crippen LogP contribution is 2.33. The normalized spacial score (nSPS) is 17.7. The van der Waals surface area contributed by atoms with E-state index in [0.717, 1.165) is 31.2 Å². The van der Waals surface area contributed by atoms with Crippen LogP contribution in [0.5, 0.6) is 5.75 Å². The van der Waals surface area contributed by atoms with E-state index in [1.807, 2.05) is 6.07 Å². The van der Waals surface area contributed by atoms with Gasteiger partial charge in [0.05, 0.1) is 0 Å². The van der Waals surface area contributed by atoms with Gasteiger partial charge in [-0.25, -0.2) is 0 Å². The smallest absolute Gasteiger partial charge is 0.387 e. The molecule has 0 aromatic heterocycles. The number of hydrogen-bond acceptors (Lipinski definition) is 1. The SMILES string of the molecule is FC(F)Oc1cccc(C2CC[CH]CC2)c1. The molecule has 1 fully saturated rings. The topological polar surface area (TPSA) is 9.23 Å². The Balaban J connectivity index is 2.08. The van der Waals surface area contributed by atoms with Crippen LogP contribution < -0.4 is 4.74 Å². The predicted octanol–water partition coefficient (Wildman–Crippen LogP) is 4.15. The van der Waals surface area contributed by atoms with Gasteiger partial charge in [-0.3, -0.25) is 0 Å². The van der Waals surface area contributed by atoms with E-state index in [1.54, 1.807) is 18.2 Å². The van der Waals surface area contributed by atoms with Crippen LogP contribution in [0.15, 0.2) is 24.3 Å². The second kappa shape index (κ2) is 5.28. The van der Waals surface area contributed by atoms with Crippen LogP contribution in [0.4, 0.5) is 8.78 Å². The molecule has 87 valence electrons. The standard InChI is InChI=1S/C13H15F2O/c14-13(15)16-12-8-4-7-11(9-12)10-5-2-1-3-6-10/h1,4,7-10,13H,2-3,5-6H2. The van der Waals surface area contributed by atoms with E-state index in [2.05, 4.69) is 11.2 Å². The van der Waals surface area contributed by atoms with Crippen molar-refractivity contribution < 1.29 is 13.5 Å². The minimum absolute atomic E-state index is 0.266. The van der Waals surface area contributed by atoms with Crippen LogP contribution in [0.25, 0.3) is 0 Å². The van der Waals surface area contributed by atoms with Crippen molar-refractivity contribution in [3.8, 4) is 5.75 Å². The monoisotopic (exact) mass is 225 g/mol. The molecule has 1 aliphatic carbocycles. The van der Waals surface area contributed by atoms with Crippen LogP contribution in [0.1, 0.15) is 37.2 Å². The minimum atomic E-state index is -2.74. The summed E-state index contributed by atoms with van der Waals surface area (Å²) in [7, 11) is 0. The van der Waals surface area contributed by atoms with Crippen molar-refractivity contribution in [1.29, 1.82) is 0 Å². The van der Waals surface area contributed by atoms with E-state index in [4.69, 9.17) is 0 Å². The summed E-state index contributed by atoms with van der Waals surface area (Å²) < 4.78 is 28.5. The summed E-state index contributed by atoms with van der Waals surface area (Å²) in [5.41, 5.74) is 1.12. The number of halogens is 2. The molecule has 16 heavy (non-hydrogen) atoms. The highest BCUT2D eigenvalue weighted by atomic mass is 19.3. The van der Waals surface area contributed by atoms with Crippen LogP contribution in [0.2, 0.25) is 0 Å². The average Bonchev–Trinajstić information content (AvgIpc) is 2.30. The third kappa shape index (κ3) is 2.94. The Kier molecular flexibility index (Phi) is 3.75. The number of benzene rings is 1. The zero-order valence-electron chi connectivity index (χ0n) is 9.03. The van der Waals surface area contributed by atoms with Crippen LogP contribution in [0, 0.1) is 6.42 Å². The molecule has 1 nitrogen and oxygen atoms in total. The lowest BCUT2D eigenvalue weighted by atomic mass is 9.84. The first-order chi connectivity index (χ1) is 7.75. The van der Waals surface area contributed by atoms with Gasteiger partial charge in [-0.1, -0.05) is 12.1 Å². The van der Waals surface area contributed by atoms with E-state index < -0.39 is 6.61 Å². The van der Waals surface area contributed by atoms with Gasteiger partial charge in [0.25, 0.3) is 0 Å². The van der Waals surface area contributed by atoms with Crippen molar-refractivity contribution >= 4 is 0 Å². The molecule has 0 unspecified atom stereocenters. The highest BCUT2D eigenvalue weighted by Gasteiger charge is 2.16. The molecule has 0 spiro atoms. The van der Waals surface area contributed by atoms with Gasteiger partial charge >= 0.3 is 6.61 Å². The van der Waals surface area contributed by atoms with Crippen molar-refractivity contribution in [3.05, 3.63) is 36.2 Å². The maximum Gasteiger partial charge on any atom is 0.387 e. The molecule has 1 aliphatic rings. The van der Waals surface area contributed by atoms with Crippen molar-refractivity contribution in [2.24, 2.45) is 0 Å². The lowest BCUT2D eigenvalue weighted by molar-refractivity contribution is -0.0499. The second-order valence-corrected chi connectivity index (χ2v) is 4.09. The van der Waals surface area contributed by atoms with Gasteiger partial charge in [-0.2, -0.15) is 8.78 Å². The van der Waals surface area contributed by atoms with Crippen LogP contribution >= 0.6 is 0 Å². The Morgan fingerprint density at radius 2 is 1.94 bits per heavy atom. The fourth-order valence-corrected chi connectivity index (χ4v) is 2.20. The third-order valence-corrected chi connectivity index (χ3v) is 2.99. The fourth-order valence-electron chi connectivity index (χ4n) is 2.20. The van der Waals surface area contributed by atoms with E-state index in [1.165, 1.54) is 0 Å². The van der Waals surface area contributed by atoms with E-state index in [9.17, 15) is 8.78 Å². The molecule has 3 heteroatoms. The van der Waals surface area contributed by atoms with Gasteiger partial charge in [-0.15, -0.1) is 0 Å². The van der Waals surface area contributed by atoms with Gasteiger partial charge in [-0.05, 0) is 55.7 Å². The Morgan fingerprint density at radius 1 is 1.19 bits per heavy atom. The van der Waals surface area contributed by atoms with Gasteiger partial charge in [0, 0.05) is 0 Å². The predicted molar refractivity (Wildman–Crippen MR) is 58.6 cm³/mol. The van der Waals surface area contributed by atoms with E-state index in [-0.39, 0.29) is 5.75 Å². The molecule has 0 atom stereocenters. The average molecular weight is 225 g/mol. The molecular weight excluding hydrogens is 210 g/mol. The molecule has 0 aliphatic heterocycles. The zero-order valence-corrected chi connectivity index (χ0v) is 9.03. The lowest BCUT2D eigenvalue weighted by Gasteiger charge is -2.22. The largest absolute Gasteiger partial charge is 0.435 e. The minimum Gasteiger partial charge on any atom is -0.435 e. The van der Waals surface area contributed by atoms with Gasteiger partial charge in [0.15, 0.2) is 0 Å². The maximum atomic E-state index is 12.1. The van der Waals surface area contributed by atoms with Crippen LogP contribution in [0.3, 0.4) is 0 Å². The molecule has 0 saturated heterocycles. The summed E-state index contributed by atoms with van der Waals surface area (Å²) in [6, 6.07) is 7.09. The van der Waals surface area contributed by atoms with E-state index >= 15 is 0 Å². The van der Waals surface area contributed by atoms with Crippen molar-refractivity contribution in [2.75, 3.05) is 0 Å². The molecule has 2 rings (SSSR count). The molecule has 1 aromatic carbocycles. The maximum absolute atomic E-state index is 12.1. The molecule has 1 aromatic rings. The van der Waals surface area contributed by atoms with Gasteiger partial charge in [0.2, 0.25) is 0 Å². The lowest BCUT2D eigenvalue weighted by Crippen LogP contribution is -2.06. The highest BCUT2D eigenvalue weighted by molar-refractivity contribution is 5.31. The fraction of sp³-hybridized carbons (Fsp3) is 0.462. The first-order valence-corrected chi connectivity index (χ1v) is 5.62. The Hall–Kier alpha value is -1.12. The number of alkyl halides is 2. The Labute approximate surface area is 94.4 Å². The Bertz CT molecular complexity index is 332. The molecule has 0 bridgehead atoms. The first kappa shape index (κ1) is 11.4. The van der Waals surface area contributed by atoms with Crippen LogP contribution in [-0.2, 0) is 0 Å². The van der Waals surface area contributed by atoms with Crippen molar-refractivity contribution in [3.63, 3.8) is 0 Å². The first-order valence-electron chi connectivity index (χ1n) is 5.62. The van der Waals surface area contributed by atoms with Gasteiger partial charge in [0.1, 0.15) is 5.75 Å². The van der Waals surface area contributed by atoms with Gasteiger partial charge < -0.3 is 4.74 Å². The molecule has 1 saturated carbocycles. The number of hydrogen-bond donors (Lipinski definition) is 0. The third-order valence-electron chi connectivity index (χ3n) is 2.99. The summed E-state index contributed by atoms with van der Waals surface area (Å²) in [6.45, 7) is -2.74. The number of rotatable bonds is 3. The quantitative estimate of drug-likeness (QED) is 0.750. The summed E-state index contributed by atoms with van der Waals surface area (Å²) in [4.78, 5) is 0. The summed E-state index contributed by atoms with van der Waals surface area (Å²) >= 11 is 0. The van der Waals surface area contributed by atoms with Crippen molar-refractivity contribution in [2.45, 2.75) is 38.2 Å². The summed E-state index contributed by atoms with van der Waals surface area (Å²) in [5, 5.41) is 0. The number of ether oxygens (including phenoxy) is 1. The second-order valence-electron chi connectivity index (χ2n) is 4.09. The van der Waals surface area contributed by atoms with Crippen molar-refractivity contribution in [1.82, 2.24) is 0 Å². The van der Waals surface area contributed by atoms with Crippen LogP contribution in [-0.4, -0.2) is 6.61 Å². The zero-order chi connectivity index (χ0) is 11.4. The molecule has 0 heterocycles. The molecule has 0 N–H and O–H groups in total. The summed E-state index contributed by atoms with van der Waals surface area (Å²) in [5.74, 6) is 0.758. The molecule has 0 amide bonds. The molecule has 1 radical (unpaired) electrons. The molecular formula is C13H15F2O. The van der Waals surface area contributed by atoms with E-state index in [0.29, 0.717) is 5.92 Å². The Morgan fingerprint density at radius 3 is 2.62 bits per heavy atom. The summed E-state index contributed by atoms with van der Waals surface area (Å²) in [6.07, 6.45) is 6.74.